The van der Waals surface area contributed by atoms with Crippen molar-refractivity contribution in [3.05, 3.63) is 0 Å². The molecule has 0 rings (SSSR count). The standard InChI is InChI=1S/C11H25NO/c1-3-5-6-7-8-9-11(13)12-10-4-2/h11-13H,3-10H2,1-2H3. The van der Waals surface area contributed by atoms with E-state index in [1.165, 1.54) is 25.7 Å². The Hall–Kier alpha value is -0.0800. The van der Waals surface area contributed by atoms with Crippen LogP contribution in [0.25, 0.3) is 0 Å². The molecule has 0 amide bonds. The third kappa shape index (κ3) is 9.84. The van der Waals surface area contributed by atoms with Crippen molar-refractivity contribution in [1.29, 1.82) is 0 Å². The molecule has 0 aliphatic carbocycles. The average Bonchev–Trinajstić information content (AvgIpc) is 2.14. The van der Waals surface area contributed by atoms with E-state index in [-0.39, 0.29) is 6.23 Å². The van der Waals surface area contributed by atoms with Gasteiger partial charge in [-0.25, -0.2) is 0 Å². The van der Waals surface area contributed by atoms with E-state index in [0.29, 0.717) is 0 Å². The first kappa shape index (κ1) is 12.9. The number of hydrogen-bond donors (Lipinski definition) is 2. The summed E-state index contributed by atoms with van der Waals surface area (Å²) >= 11 is 0. The monoisotopic (exact) mass is 187 g/mol. The maximum atomic E-state index is 9.43. The van der Waals surface area contributed by atoms with Gasteiger partial charge in [0.25, 0.3) is 0 Å². The van der Waals surface area contributed by atoms with E-state index >= 15 is 0 Å². The van der Waals surface area contributed by atoms with Crippen LogP contribution in [0.15, 0.2) is 0 Å². The van der Waals surface area contributed by atoms with E-state index in [9.17, 15) is 5.11 Å². The first-order valence-electron chi connectivity index (χ1n) is 5.72. The molecule has 2 nitrogen and oxygen atoms in total. The van der Waals surface area contributed by atoms with Gasteiger partial charge in [-0.2, -0.15) is 0 Å². The van der Waals surface area contributed by atoms with Gasteiger partial charge in [0.2, 0.25) is 0 Å². The highest BCUT2D eigenvalue weighted by Crippen LogP contribution is 2.05. The summed E-state index contributed by atoms with van der Waals surface area (Å²) in [7, 11) is 0. The summed E-state index contributed by atoms with van der Waals surface area (Å²) < 4.78 is 0. The summed E-state index contributed by atoms with van der Waals surface area (Å²) in [6.07, 6.45) is 8.07. The van der Waals surface area contributed by atoms with Gasteiger partial charge in [-0.05, 0) is 25.8 Å². The largest absolute Gasteiger partial charge is 0.379 e. The Balaban J connectivity index is 3.03. The Morgan fingerprint density at radius 1 is 1.00 bits per heavy atom. The van der Waals surface area contributed by atoms with E-state index in [4.69, 9.17) is 0 Å². The smallest absolute Gasteiger partial charge is 0.104 e. The van der Waals surface area contributed by atoms with Gasteiger partial charge in [0, 0.05) is 0 Å². The van der Waals surface area contributed by atoms with Gasteiger partial charge in [0.05, 0.1) is 0 Å². The molecule has 0 saturated carbocycles. The van der Waals surface area contributed by atoms with Crippen LogP contribution in [0.2, 0.25) is 0 Å². The molecule has 0 aromatic carbocycles. The highest BCUT2D eigenvalue weighted by Gasteiger charge is 2.00. The second kappa shape index (κ2) is 10.0. The van der Waals surface area contributed by atoms with Crippen molar-refractivity contribution in [2.75, 3.05) is 6.54 Å². The molecule has 0 saturated heterocycles. The van der Waals surface area contributed by atoms with E-state index in [2.05, 4.69) is 19.2 Å². The number of rotatable bonds is 9. The molecule has 0 spiro atoms. The van der Waals surface area contributed by atoms with Gasteiger partial charge in [0.1, 0.15) is 6.23 Å². The Morgan fingerprint density at radius 2 is 1.69 bits per heavy atom. The Bertz CT molecular complexity index is 96.1. The molecule has 0 aliphatic heterocycles. The zero-order valence-electron chi connectivity index (χ0n) is 9.18. The molecule has 0 radical (unpaired) electrons. The van der Waals surface area contributed by atoms with Crippen LogP contribution in [0, 0.1) is 0 Å². The minimum Gasteiger partial charge on any atom is -0.379 e. The Kier molecular flexibility index (Phi) is 9.94. The van der Waals surface area contributed by atoms with Crippen molar-refractivity contribution >= 4 is 0 Å². The maximum absolute atomic E-state index is 9.43. The van der Waals surface area contributed by atoms with Crippen molar-refractivity contribution in [1.82, 2.24) is 5.32 Å². The molecule has 0 aromatic heterocycles. The predicted molar refractivity (Wildman–Crippen MR) is 57.7 cm³/mol. The Morgan fingerprint density at radius 3 is 2.31 bits per heavy atom. The zero-order chi connectivity index (χ0) is 9.94. The third-order valence-electron chi connectivity index (χ3n) is 2.21. The molecule has 0 bridgehead atoms. The number of hydrogen-bond acceptors (Lipinski definition) is 2. The summed E-state index contributed by atoms with van der Waals surface area (Å²) in [6, 6.07) is 0. The normalized spacial score (nSPS) is 13.2. The lowest BCUT2D eigenvalue weighted by atomic mass is 10.1. The fourth-order valence-electron chi connectivity index (χ4n) is 1.35. The molecular formula is C11H25NO. The number of nitrogens with one attached hydrogen (secondary N) is 1. The quantitative estimate of drug-likeness (QED) is 0.429. The first-order chi connectivity index (χ1) is 6.31. The SMILES string of the molecule is CCCCCCCC(O)NCCC. The molecule has 0 aromatic rings. The fourth-order valence-corrected chi connectivity index (χ4v) is 1.35. The lowest BCUT2D eigenvalue weighted by molar-refractivity contribution is 0.125. The van der Waals surface area contributed by atoms with Crippen molar-refractivity contribution in [3.8, 4) is 0 Å². The van der Waals surface area contributed by atoms with Gasteiger partial charge in [-0.15, -0.1) is 0 Å². The second-order valence-electron chi connectivity index (χ2n) is 3.67. The summed E-state index contributed by atoms with van der Waals surface area (Å²) in [6.45, 7) is 5.26. The molecule has 1 unspecified atom stereocenters. The van der Waals surface area contributed by atoms with Crippen LogP contribution in [0.5, 0.6) is 0 Å². The van der Waals surface area contributed by atoms with Crippen LogP contribution in [-0.4, -0.2) is 17.9 Å². The van der Waals surface area contributed by atoms with Gasteiger partial charge in [-0.1, -0.05) is 39.5 Å². The molecule has 0 aliphatic rings. The van der Waals surface area contributed by atoms with Crippen LogP contribution in [0.1, 0.15) is 58.8 Å². The minimum atomic E-state index is -0.276. The van der Waals surface area contributed by atoms with Crippen LogP contribution in [-0.2, 0) is 0 Å². The van der Waals surface area contributed by atoms with Crippen LogP contribution < -0.4 is 5.32 Å². The van der Waals surface area contributed by atoms with Crippen molar-refractivity contribution in [2.45, 2.75) is 65.0 Å². The third-order valence-corrected chi connectivity index (χ3v) is 2.21. The number of aliphatic hydroxyl groups excluding tert-OH is 1. The van der Waals surface area contributed by atoms with Gasteiger partial charge >= 0.3 is 0 Å². The average molecular weight is 187 g/mol. The van der Waals surface area contributed by atoms with Crippen LogP contribution in [0.3, 0.4) is 0 Å². The molecule has 0 fully saturated rings. The maximum Gasteiger partial charge on any atom is 0.104 e. The molecule has 2 heteroatoms. The van der Waals surface area contributed by atoms with Crippen molar-refractivity contribution in [2.24, 2.45) is 0 Å². The van der Waals surface area contributed by atoms with E-state index in [0.717, 1.165) is 25.8 Å². The molecule has 1 atom stereocenters. The first-order valence-corrected chi connectivity index (χ1v) is 5.72. The molecule has 2 N–H and O–H groups in total. The summed E-state index contributed by atoms with van der Waals surface area (Å²) in [4.78, 5) is 0. The minimum absolute atomic E-state index is 0.276. The van der Waals surface area contributed by atoms with E-state index in [1.807, 2.05) is 0 Å². The highest BCUT2D eigenvalue weighted by molar-refractivity contribution is 4.53. The Labute approximate surface area is 82.7 Å². The van der Waals surface area contributed by atoms with Crippen molar-refractivity contribution in [3.63, 3.8) is 0 Å². The van der Waals surface area contributed by atoms with Crippen LogP contribution in [0.4, 0.5) is 0 Å². The highest BCUT2D eigenvalue weighted by atomic mass is 16.3. The molecule has 13 heavy (non-hydrogen) atoms. The van der Waals surface area contributed by atoms with E-state index < -0.39 is 0 Å². The van der Waals surface area contributed by atoms with Crippen LogP contribution >= 0.6 is 0 Å². The summed E-state index contributed by atoms with van der Waals surface area (Å²) in [5, 5.41) is 12.5. The topological polar surface area (TPSA) is 32.3 Å². The predicted octanol–water partition coefficient (Wildman–Crippen LogP) is 2.66. The van der Waals surface area contributed by atoms with Crippen molar-refractivity contribution < 1.29 is 5.11 Å². The van der Waals surface area contributed by atoms with E-state index in [1.54, 1.807) is 0 Å². The van der Waals surface area contributed by atoms with Gasteiger partial charge in [-0.3, -0.25) is 5.32 Å². The molecular weight excluding hydrogens is 162 g/mol. The zero-order valence-corrected chi connectivity index (χ0v) is 9.18. The van der Waals surface area contributed by atoms with Gasteiger partial charge < -0.3 is 5.11 Å². The summed E-state index contributed by atoms with van der Waals surface area (Å²) in [5.74, 6) is 0. The lowest BCUT2D eigenvalue weighted by Gasteiger charge is -2.11. The fraction of sp³-hybridized carbons (Fsp3) is 1.00. The lowest BCUT2D eigenvalue weighted by Crippen LogP contribution is -2.29. The number of aliphatic hydroxyl groups is 1. The van der Waals surface area contributed by atoms with Gasteiger partial charge in [0.15, 0.2) is 0 Å². The molecule has 80 valence electrons. The second-order valence-corrected chi connectivity index (χ2v) is 3.67. The summed E-state index contributed by atoms with van der Waals surface area (Å²) in [5.41, 5.74) is 0. The molecule has 0 heterocycles. The number of unbranched alkanes of at least 4 members (excludes halogenated alkanes) is 4.